The van der Waals surface area contributed by atoms with Gasteiger partial charge in [-0.3, -0.25) is 4.57 Å². The fourth-order valence-electron chi connectivity index (χ4n) is 1.80. The number of hydrogen-bond donors (Lipinski definition) is 2. The summed E-state index contributed by atoms with van der Waals surface area (Å²) in [6, 6.07) is 7.81. The minimum Gasteiger partial charge on any atom is -0.324 e. The van der Waals surface area contributed by atoms with Gasteiger partial charge in [-0.25, -0.2) is 4.57 Å². The van der Waals surface area contributed by atoms with E-state index < -0.39 is 7.60 Å². The van der Waals surface area contributed by atoms with Crippen LogP contribution in [0.25, 0.3) is 17.3 Å². The zero-order valence-electron chi connectivity index (χ0n) is 11.0. The molecule has 0 unspecified atom stereocenters. The molecule has 0 saturated carbocycles. The van der Waals surface area contributed by atoms with Crippen molar-refractivity contribution in [1.29, 1.82) is 0 Å². The van der Waals surface area contributed by atoms with Gasteiger partial charge in [0.25, 0.3) is 0 Å². The number of aryl methyl sites for hydroxylation is 1. The normalized spacial score (nSPS) is 11.3. The third-order valence-corrected chi connectivity index (χ3v) is 3.72. The number of rotatable bonds is 5. The van der Waals surface area contributed by atoms with E-state index in [9.17, 15) is 4.57 Å². The van der Waals surface area contributed by atoms with Crippen LogP contribution in [0.2, 0.25) is 0 Å². The molecule has 2 aromatic rings. The molecule has 2 rings (SSSR count). The van der Waals surface area contributed by atoms with E-state index in [-0.39, 0.29) is 6.16 Å². The lowest BCUT2D eigenvalue weighted by molar-refractivity contribution is -0.692. The van der Waals surface area contributed by atoms with Crippen molar-refractivity contribution in [2.45, 2.75) is 6.54 Å². The lowest BCUT2D eigenvalue weighted by Gasteiger charge is -2.02. The summed E-state index contributed by atoms with van der Waals surface area (Å²) in [6.07, 6.45) is 9.03. The Balaban J connectivity index is 2.10. The average Bonchev–Trinajstić information content (AvgIpc) is 2.45. The van der Waals surface area contributed by atoms with E-state index in [2.05, 4.69) is 6.58 Å². The molecule has 0 aromatic carbocycles. The molecule has 2 N–H and O–H groups in total. The molecule has 2 aromatic heterocycles. The zero-order chi connectivity index (χ0) is 14.6. The zero-order valence-corrected chi connectivity index (χ0v) is 11.9. The largest absolute Gasteiger partial charge is 0.331 e. The Morgan fingerprint density at radius 3 is 2.00 bits per heavy atom. The van der Waals surface area contributed by atoms with Gasteiger partial charge in [-0.2, -0.15) is 4.57 Å². The monoisotopic (exact) mass is 292 g/mol. The predicted molar refractivity (Wildman–Crippen MR) is 75.6 cm³/mol. The van der Waals surface area contributed by atoms with E-state index in [0.29, 0.717) is 6.54 Å². The van der Waals surface area contributed by atoms with E-state index in [1.54, 1.807) is 10.8 Å². The first kappa shape index (κ1) is 14.6. The Morgan fingerprint density at radius 1 is 1.05 bits per heavy atom. The molecule has 0 aliphatic rings. The highest BCUT2D eigenvalue weighted by Crippen LogP contribution is 2.33. The molecule has 6 heteroatoms. The predicted octanol–water partition coefficient (Wildman–Crippen LogP) is 1.21. The summed E-state index contributed by atoms with van der Waals surface area (Å²) in [4.78, 5) is 17.7. The van der Waals surface area contributed by atoms with Crippen molar-refractivity contribution in [1.82, 2.24) is 0 Å². The Hall–Kier alpha value is -1.81. The Morgan fingerprint density at radius 2 is 1.55 bits per heavy atom. The van der Waals surface area contributed by atoms with Crippen molar-refractivity contribution in [2.24, 2.45) is 0 Å². The molecular weight excluding hydrogens is 275 g/mol. The van der Waals surface area contributed by atoms with Crippen LogP contribution in [-0.2, 0) is 11.1 Å². The van der Waals surface area contributed by atoms with Gasteiger partial charge in [0.15, 0.2) is 37.5 Å². The molecule has 0 bridgehead atoms. The van der Waals surface area contributed by atoms with Crippen molar-refractivity contribution in [3.05, 3.63) is 55.6 Å². The van der Waals surface area contributed by atoms with Crippen LogP contribution in [0.15, 0.2) is 55.6 Å². The lowest BCUT2D eigenvalue weighted by Crippen LogP contribution is -2.34. The van der Waals surface area contributed by atoms with Gasteiger partial charge in [-0.1, -0.05) is 0 Å². The van der Waals surface area contributed by atoms with Gasteiger partial charge in [0.2, 0.25) is 0 Å². The maximum Gasteiger partial charge on any atom is 0.331 e. The first-order valence-corrected chi connectivity index (χ1v) is 7.95. The second kappa shape index (κ2) is 6.09. The summed E-state index contributed by atoms with van der Waals surface area (Å²) >= 11 is 0. The van der Waals surface area contributed by atoms with Gasteiger partial charge in [-0.15, -0.1) is 0 Å². The minimum atomic E-state index is -3.94. The Bertz CT molecular complexity index is 632. The van der Waals surface area contributed by atoms with Crippen molar-refractivity contribution >= 4 is 13.8 Å². The van der Waals surface area contributed by atoms with Crippen LogP contribution in [0.1, 0.15) is 0 Å². The fourth-order valence-corrected chi connectivity index (χ4v) is 2.29. The van der Waals surface area contributed by atoms with Crippen molar-refractivity contribution in [2.75, 3.05) is 6.16 Å². The van der Waals surface area contributed by atoms with Gasteiger partial charge in [0.1, 0.15) is 6.16 Å². The van der Waals surface area contributed by atoms with E-state index in [1.807, 2.05) is 53.6 Å². The molecule has 5 nitrogen and oxygen atoms in total. The third kappa shape index (κ3) is 4.10. The molecule has 0 spiro atoms. The second-order valence-electron chi connectivity index (χ2n) is 4.43. The quantitative estimate of drug-likeness (QED) is 0.643. The highest BCUT2D eigenvalue weighted by atomic mass is 31.2. The fraction of sp³-hybridized carbons (Fsp3) is 0.143. The second-order valence-corrected chi connectivity index (χ2v) is 6.21. The highest BCUT2D eigenvalue weighted by molar-refractivity contribution is 7.51. The lowest BCUT2D eigenvalue weighted by atomic mass is 10.1. The number of nitrogens with zero attached hydrogens (tertiary/aromatic N) is 2. The van der Waals surface area contributed by atoms with Gasteiger partial charge < -0.3 is 9.79 Å². The standard InChI is InChI=1S/C14H15N2O3P/c1-2-15-7-3-13(4-8-15)14-5-9-16(10-6-14)11-12-20(17,18)19/h2-10H,1,11-12H2/p+2. The number of hydrogen-bond acceptors (Lipinski definition) is 1. The third-order valence-electron chi connectivity index (χ3n) is 2.94. The molecule has 0 aliphatic heterocycles. The Kier molecular flexibility index (Phi) is 4.45. The summed E-state index contributed by atoms with van der Waals surface area (Å²) in [5, 5.41) is 0. The highest BCUT2D eigenvalue weighted by Gasteiger charge is 2.15. The minimum absolute atomic E-state index is 0.151. The summed E-state index contributed by atoms with van der Waals surface area (Å²) in [5.74, 6) is 0. The van der Waals surface area contributed by atoms with Crippen LogP contribution in [0, 0.1) is 0 Å². The Labute approximate surface area is 117 Å². The first-order valence-electron chi connectivity index (χ1n) is 6.15. The maximum absolute atomic E-state index is 10.8. The molecule has 0 atom stereocenters. The summed E-state index contributed by atoms with van der Waals surface area (Å²) < 4.78 is 14.4. The van der Waals surface area contributed by atoms with Crippen LogP contribution in [0.3, 0.4) is 0 Å². The van der Waals surface area contributed by atoms with E-state index in [1.165, 1.54) is 0 Å². The van der Waals surface area contributed by atoms with E-state index >= 15 is 0 Å². The molecule has 104 valence electrons. The molecule has 2 heterocycles. The summed E-state index contributed by atoms with van der Waals surface area (Å²) in [7, 11) is -3.94. The summed E-state index contributed by atoms with van der Waals surface area (Å²) in [6.45, 7) is 3.98. The van der Waals surface area contributed by atoms with Crippen molar-refractivity contribution in [3.8, 4) is 11.1 Å². The molecule has 0 radical (unpaired) electrons. The van der Waals surface area contributed by atoms with Crippen LogP contribution in [-0.4, -0.2) is 15.9 Å². The maximum atomic E-state index is 10.8. The van der Waals surface area contributed by atoms with Crippen LogP contribution in [0.5, 0.6) is 0 Å². The molecule has 0 amide bonds. The van der Waals surface area contributed by atoms with Crippen molar-refractivity contribution < 1.29 is 23.5 Å². The molecule has 0 aliphatic carbocycles. The van der Waals surface area contributed by atoms with Gasteiger partial charge >= 0.3 is 7.60 Å². The SMILES string of the molecule is C=C[n+]1ccc(-c2cc[n+](CCP(=O)(O)O)cc2)cc1. The number of pyridine rings is 2. The van der Waals surface area contributed by atoms with E-state index in [4.69, 9.17) is 9.79 Å². The van der Waals surface area contributed by atoms with Crippen LogP contribution in [0.4, 0.5) is 0 Å². The number of aromatic nitrogens is 2. The van der Waals surface area contributed by atoms with E-state index in [0.717, 1.165) is 11.1 Å². The van der Waals surface area contributed by atoms with Crippen LogP contribution >= 0.6 is 7.60 Å². The van der Waals surface area contributed by atoms with Crippen molar-refractivity contribution in [3.63, 3.8) is 0 Å². The van der Waals surface area contributed by atoms with Crippen LogP contribution < -0.4 is 9.13 Å². The molecule has 0 fully saturated rings. The smallest absolute Gasteiger partial charge is 0.324 e. The molecule has 20 heavy (non-hydrogen) atoms. The topological polar surface area (TPSA) is 65.3 Å². The summed E-state index contributed by atoms with van der Waals surface area (Å²) in [5.41, 5.74) is 2.12. The van der Waals surface area contributed by atoms with Gasteiger partial charge in [0, 0.05) is 24.3 Å². The van der Waals surface area contributed by atoms with Gasteiger partial charge in [-0.05, 0) is 17.7 Å². The van der Waals surface area contributed by atoms with Gasteiger partial charge in [0.05, 0.1) is 0 Å². The average molecular weight is 292 g/mol. The molecule has 0 saturated heterocycles. The first-order chi connectivity index (χ1) is 9.48. The molecular formula is C14H17N2O3P+2.